The Labute approximate surface area is 233 Å². The second-order valence-electron chi connectivity index (χ2n) is 15.1. The van der Waals surface area contributed by atoms with Crippen LogP contribution in [0.15, 0.2) is 47.1 Å². The van der Waals surface area contributed by atoms with Gasteiger partial charge < -0.3 is 13.7 Å². The zero-order chi connectivity index (χ0) is 27.3. The Balaban J connectivity index is 1.38. The topological polar surface area (TPSA) is 40.0 Å². The molecular weight excluding hydrogens is 503 g/mol. The van der Waals surface area contributed by atoms with Crippen molar-refractivity contribution in [1.29, 1.82) is 0 Å². The van der Waals surface area contributed by atoms with Crippen LogP contribution in [0.25, 0.3) is 0 Å². The van der Waals surface area contributed by atoms with E-state index < -0.39 is 16.6 Å². The molecule has 0 saturated heterocycles. The van der Waals surface area contributed by atoms with Gasteiger partial charge in [-0.25, -0.2) is 0 Å². The number of hydrogen-bond acceptors (Lipinski definition) is 4. The van der Waals surface area contributed by atoms with Gasteiger partial charge in [-0.2, -0.15) is 0 Å². The molecule has 38 heavy (non-hydrogen) atoms. The lowest BCUT2D eigenvalue weighted by Gasteiger charge is -2.58. The van der Waals surface area contributed by atoms with Crippen molar-refractivity contribution < 1.29 is 13.7 Å². The van der Waals surface area contributed by atoms with Gasteiger partial charge in [-0.15, -0.1) is 0 Å². The molecule has 4 aliphatic carbocycles. The lowest BCUT2D eigenvalue weighted by atomic mass is 9.48. The summed E-state index contributed by atoms with van der Waals surface area (Å²) in [5.41, 5.74) is 4.47. The Kier molecular flexibility index (Phi) is 7.69. The van der Waals surface area contributed by atoms with Crippen molar-refractivity contribution in [2.75, 3.05) is 0 Å². The van der Waals surface area contributed by atoms with Gasteiger partial charge in [0.25, 0.3) is 0 Å². The summed E-state index contributed by atoms with van der Waals surface area (Å²) in [6.45, 7) is 19.6. The molecule has 0 heterocycles. The zero-order valence-corrected chi connectivity index (χ0v) is 27.2. The fraction of sp³-hybridized carbons (Fsp3) is 0.719. The van der Waals surface area contributed by atoms with Gasteiger partial charge in [-0.3, -0.25) is 0 Å². The van der Waals surface area contributed by atoms with Crippen LogP contribution in [0.2, 0.25) is 39.3 Å². The maximum atomic E-state index is 6.96. The molecule has 0 spiro atoms. The first kappa shape index (κ1) is 28.3. The van der Waals surface area contributed by atoms with E-state index in [9.17, 15) is 0 Å². The molecule has 4 aliphatic rings. The molecule has 3 saturated carbocycles. The second-order valence-corrected chi connectivity index (χ2v) is 24.0. The molecule has 0 N–H and O–H groups in total. The van der Waals surface area contributed by atoms with Gasteiger partial charge in [0.1, 0.15) is 6.61 Å². The first-order valence-corrected chi connectivity index (χ1v) is 21.9. The summed E-state index contributed by atoms with van der Waals surface area (Å²) in [6, 6.07) is 10.4. The minimum atomic E-state index is -1.76. The molecule has 6 heteroatoms. The highest BCUT2D eigenvalue weighted by Crippen LogP contribution is 2.65. The summed E-state index contributed by atoms with van der Waals surface area (Å²) in [7, 11) is -3.28. The Morgan fingerprint density at radius 1 is 0.868 bits per heavy atom. The number of fused-ring (bicyclic) bond motifs is 5. The van der Waals surface area contributed by atoms with Crippen LogP contribution in [0.4, 0.5) is 0 Å². The summed E-state index contributed by atoms with van der Waals surface area (Å²) < 4.78 is 13.6. The van der Waals surface area contributed by atoms with E-state index in [0.29, 0.717) is 30.0 Å². The van der Waals surface area contributed by atoms with Crippen molar-refractivity contribution in [3.05, 3.63) is 47.5 Å². The van der Waals surface area contributed by atoms with Gasteiger partial charge in [0.15, 0.2) is 16.6 Å². The first-order valence-electron chi connectivity index (χ1n) is 15.1. The molecular formula is C32H51NO3Si2. The van der Waals surface area contributed by atoms with E-state index in [4.69, 9.17) is 18.8 Å². The molecule has 0 radical (unpaired) electrons. The van der Waals surface area contributed by atoms with Crippen LogP contribution in [0.5, 0.6) is 0 Å². The minimum Gasteiger partial charge on any atom is -0.414 e. The van der Waals surface area contributed by atoms with Crippen molar-refractivity contribution in [2.24, 2.45) is 33.7 Å². The highest BCUT2D eigenvalue weighted by Gasteiger charge is 2.61. The second kappa shape index (κ2) is 10.3. The number of nitrogens with zero attached hydrogens (tertiary/aromatic N) is 1. The van der Waals surface area contributed by atoms with Crippen molar-refractivity contribution in [3.8, 4) is 0 Å². The van der Waals surface area contributed by atoms with Crippen LogP contribution in [0.3, 0.4) is 0 Å². The summed E-state index contributed by atoms with van der Waals surface area (Å²) >= 11 is 0. The van der Waals surface area contributed by atoms with Crippen LogP contribution in [0, 0.1) is 28.6 Å². The highest BCUT2D eigenvalue weighted by atomic mass is 28.4. The van der Waals surface area contributed by atoms with Gasteiger partial charge in [0, 0.05) is 11.5 Å². The molecule has 0 bridgehead atoms. The highest BCUT2D eigenvalue weighted by molar-refractivity contribution is 6.70. The maximum Gasteiger partial charge on any atom is 0.184 e. The predicted molar refractivity (Wildman–Crippen MR) is 162 cm³/mol. The lowest BCUT2D eigenvalue weighted by Crippen LogP contribution is -2.53. The summed E-state index contributed by atoms with van der Waals surface area (Å²) in [6.07, 6.45) is 11.5. The van der Waals surface area contributed by atoms with Gasteiger partial charge >= 0.3 is 0 Å². The van der Waals surface area contributed by atoms with Crippen molar-refractivity contribution >= 4 is 22.3 Å². The molecule has 0 aromatic heterocycles. The van der Waals surface area contributed by atoms with E-state index in [-0.39, 0.29) is 11.5 Å². The van der Waals surface area contributed by atoms with Crippen LogP contribution in [-0.2, 0) is 20.3 Å². The molecule has 5 rings (SSSR count). The Morgan fingerprint density at radius 2 is 1.58 bits per heavy atom. The number of benzene rings is 1. The van der Waals surface area contributed by atoms with E-state index >= 15 is 0 Å². The van der Waals surface area contributed by atoms with Crippen molar-refractivity contribution in [3.63, 3.8) is 0 Å². The van der Waals surface area contributed by atoms with Crippen LogP contribution < -0.4 is 0 Å². The first-order chi connectivity index (χ1) is 17.8. The Morgan fingerprint density at radius 3 is 2.26 bits per heavy atom. The third-order valence-electron chi connectivity index (χ3n) is 10.1. The quantitative estimate of drug-likeness (QED) is 0.193. The maximum absolute atomic E-state index is 6.96. The molecule has 210 valence electrons. The van der Waals surface area contributed by atoms with Crippen LogP contribution in [0.1, 0.15) is 64.4 Å². The SMILES string of the molecule is C[C@]12CCC(O[Si](C)(C)C)CC1=CC[C@@H]1[C@@H]2CC[C@]2(C)C(O[Si](C)(C)C)/C(=N/OCc3ccccc3)C[C@@H]12. The molecule has 7 atom stereocenters. The summed E-state index contributed by atoms with van der Waals surface area (Å²) in [4.78, 5) is 5.99. The van der Waals surface area contributed by atoms with Gasteiger partial charge in [0.05, 0.1) is 11.8 Å². The molecule has 0 amide bonds. The fourth-order valence-corrected chi connectivity index (χ4v) is 10.7. The van der Waals surface area contributed by atoms with Gasteiger partial charge in [0.2, 0.25) is 0 Å². The Hall–Kier alpha value is -1.22. The molecule has 3 fully saturated rings. The minimum absolute atomic E-state index is 0.0787. The number of rotatable bonds is 7. The average molecular weight is 554 g/mol. The number of hydrogen-bond donors (Lipinski definition) is 0. The Bertz CT molecular complexity index is 1060. The van der Waals surface area contributed by atoms with E-state index in [2.05, 4.69) is 83.5 Å². The third-order valence-corrected chi connectivity index (χ3v) is 12.1. The standard InChI is InChI=1S/C32H51NO3Si2/c1-31-18-16-25(35-37(3,4)5)20-24(31)14-15-26-27(31)17-19-32(2)28(26)21-29(30(32)36-38(6,7)8)33-34-22-23-12-10-9-11-13-23/h9-14,25-28,30H,15-22H2,1-8H3/b33-29+/t25?,26-,27+,28+,30?,31+,32+/m1/s1. The van der Waals surface area contributed by atoms with Gasteiger partial charge in [-0.1, -0.05) is 61.0 Å². The van der Waals surface area contributed by atoms with Crippen LogP contribution in [-0.4, -0.2) is 34.6 Å². The summed E-state index contributed by atoms with van der Waals surface area (Å²) in [5.74, 6) is 2.06. The molecule has 4 nitrogen and oxygen atoms in total. The van der Waals surface area contributed by atoms with E-state index in [1.54, 1.807) is 5.57 Å². The van der Waals surface area contributed by atoms with Gasteiger partial charge in [-0.05, 0) is 113 Å². The van der Waals surface area contributed by atoms with E-state index in [1.165, 1.54) is 32.1 Å². The van der Waals surface area contributed by atoms with Crippen LogP contribution >= 0.6 is 0 Å². The van der Waals surface area contributed by atoms with Crippen molar-refractivity contribution in [1.82, 2.24) is 0 Å². The largest absolute Gasteiger partial charge is 0.414 e. The zero-order valence-electron chi connectivity index (χ0n) is 25.2. The molecule has 1 aromatic rings. The third kappa shape index (κ3) is 5.66. The fourth-order valence-electron chi connectivity index (χ4n) is 8.40. The van der Waals surface area contributed by atoms with E-state index in [0.717, 1.165) is 30.0 Å². The summed E-state index contributed by atoms with van der Waals surface area (Å²) in [5, 5.41) is 4.82. The molecule has 2 unspecified atom stereocenters. The van der Waals surface area contributed by atoms with Crippen molar-refractivity contribution in [2.45, 2.75) is 117 Å². The molecule has 1 aromatic carbocycles. The monoisotopic (exact) mass is 553 g/mol. The average Bonchev–Trinajstić information content (AvgIpc) is 3.09. The number of oxime groups is 1. The van der Waals surface area contributed by atoms with E-state index in [1.807, 2.05) is 6.07 Å². The smallest absolute Gasteiger partial charge is 0.184 e. The lowest BCUT2D eigenvalue weighted by molar-refractivity contribution is -0.0627. The normalized spacial score (nSPS) is 38.3. The number of allylic oxidation sites excluding steroid dienone is 1. The molecule has 0 aliphatic heterocycles. The predicted octanol–water partition coefficient (Wildman–Crippen LogP) is 8.57.